The highest BCUT2D eigenvalue weighted by Gasteiger charge is 2.68. The number of rotatable bonds is 3. The van der Waals surface area contributed by atoms with Gasteiger partial charge in [0.1, 0.15) is 5.82 Å². The van der Waals surface area contributed by atoms with E-state index in [2.05, 4.69) is 41.4 Å². The normalized spacial score (nSPS) is 24.2. The van der Waals surface area contributed by atoms with E-state index >= 15 is 0 Å². The number of benzene rings is 2. The van der Waals surface area contributed by atoms with Crippen molar-refractivity contribution in [3.8, 4) is 5.69 Å². The van der Waals surface area contributed by atoms with E-state index in [1.165, 1.54) is 23.3 Å². The molecule has 6 rings (SSSR count). The molecule has 8 heteroatoms. The van der Waals surface area contributed by atoms with Crippen LogP contribution in [-0.2, 0) is 12.5 Å². The number of aryl methyl sites for hydroxylation is 2. The van der Waals surface area contributed by atoms with E-state index in [1.807, 2.05) is 15.8 Å². The summed E-state index contributed by atoms with van der Waals surface area (Å²) in [5.74, 6) is 0.626. The predicted octanol–water partition coefficient (Wildman–Crippen LogP) is 3.26. The lowest BCUT2D eigenvalue weighted by Gasteiger charge is -2.24. The van der Waals surface area contributed by atoms with Crippen LogP contribution in [0, 0.1) is 24.6 Å². The van der Waals surface area contributed by atoms with Gasteiger partial charge in [0, 0.05) is 30.9 Å². The Morgan fingerprint density at radius 1 is 1.22 bits per heavy atom. The Morgan fingerprint density at radius 2 is 2.00 bits per heavy atom. The Balaban J connectivity index is 1.36. The fourth-order valence-corrected chi connectivity index (χ4v) is 5.69. The van der Waals surface area contributed by atoms with E-state index in [0.717, 1.165) is 23.1 Å². The molecule has 0 spiro atoms. The molecule has 3 heterocycles. The third-order valence-corrected chi connectivity index (χ3v) is 7.43. The number of carbonyl (C=O) groups is 1. The zero-order valence-electron chi connectivity index (χ0n) is 18.2. The average molecular weight is 430 g/mol. The number of carbonyl (C=O) groups excluding carboxylic acids is 1. The Hall–Kier alpha value is -3.55. The molecule has 2 aromatic heterocycles. The third kappa shape index (κ3) is 2.58. The van der Waals surface area contributed by atoms with E-state index in [0.29, 0.717) is 24.1 Å². The van der Waals surface area contributed by atoms with Gasteiger partial charge in [0.05, 0.1) is 23.6 Å². The molecule has 3 atom stereocenters. The average Bonchev–Trinajstić information content (AvgIpc) is 3.27. The zero-order chi connectivity index (χ0) is 22.2. The third-order valence-electron chi connectivity index (χ3n) is 7.43. The van der Waals surface area contributed by atoms with Crippen molar-refractivity contribution >= 4 is 16.8 Å². The van der Waals surface area contributed by atoms with E-state index in [1.54, 1.807) is 30.1 Å². The van der Waals surface area contributed by atoms with Gasteiger partial charge in [-0.15, -0.1) is 5.10 Å². The van der Waals surface area contributed by atoms with Gasteiger partial charge in [-0.3, -0.25) is 9.48 Å². The van der Waals surface area contributed by atoms with Gasteiger partial charge in [0.2, 0.25) is 0 Å². The topological polar surface area (TPSA) is 68.8 Å². The first-order valence-corrected chi connectivity index (χ1v) is 10.8. The van der Waals surface area contributed by atoms with Crippen LogP contribution in [-0.4, -0.2) is 48.7 Å². The largest absolute Gasteiger partial charge is 0.336 e. The fourth-order valence-electron chi connectivity index (χ4n) is 5.69. The molecule has 1 aliphatic carbocycles. The monoisotopic (exact) mass is 430 g/mol. The lowest BCUT2D eigenvalue weighted by molar-refractivity contribution is 0.0759. The van der Waals surface area contributed by atoms with Crippen molar-refractivity contribution in [1.82, 2.24) is 29.7 Å². The number of fused-ring (bicyclic) bond motifs is 2. The number of halogens is 1. The minimum Gasteiger partial charge on any atom is -0.336 e. The molecule has 2 aromatic carbocycles. The Bertz CT molecular complexity index is 1370. The van der Waals surface area contributed by atoms with Crippen molar-refractivity contribution in [2.45, 2.75) is 19.3 Å². The summed E-state index contributed by atoms with van der Waals surface area (Å²) in [6.07, 6.45) is 3.53. The second-order valence-electron chi connectivity index (χ2n) is 9.16. The van der Waals surface area contributed by atoms with Crippen molar-refractivity contribution in [2.75, 3.05) is 13.1 Å². The molecule has 0 unspecified atom stereocenters. The van der Waals surface area contributed by atoms with E-state index in [9.17, 15) is 9.18 Å². The maximum Gasteiger partial charge on any atom is 0.276 e. The minimum absolute atomic E-state index is 0.0336. The quantitative estimate of drug-likeness (QED) is 0.500. The van der Waals surface area contributed by atoms with Gasteiger partial charge in [-0.1, -0.05) is 12.1 Å². The summed E-state index contributed by atoms with van der Waals surface area (Å²) in [4.78, 5) is 14.9. The molecule has 7 nitrogen and oxygen atoms in total. The first kappa shape index (κ1) is 19.2. The van der Waals surface area contributed by atoms with Crippen LogP contribution in [0.2, 0.25) is 0 Å². The summed E-state index contributed by atoms with van der Waals surface area (Å²) in [5, 5.41) is 13.5. The van der Waals surface area contributed by atoms with E-state index < -0.39 is 0 Å². The molecule has 0 radical (unpaired) electrons. The fraction of sp³-hybridized carbons (Fsp3) is 0.333. The highest BCUT2D eigenvalue weighted by atomic mass is 19.1. The van der Waals surface area contributed by atoms with Gasteiger partial charge in [0.25, 0.3) is 5.91 Å². The van der Waals surface area contributed by atoms with Crippen LogP contribution in [0.15, 0.2) is 48.8 Å². The molecule has 1 amide bonds. The molecule has 1 saturated carbocycles. The van der Waals surface area contributed by atoms with Gasteiger partial charge in [-0.2, -0.15) is 5.10 Å². The molecule has 2 aliphatic rings. The standard InChI is InChI=1S/C24H23FN6O/c1-14-8-22-16(10-26-31(22)18-6-4-17(25)5-7-18)9-19(14)24-13-30(11-20(24)15(24)2)23(32)21-12-29(3)28-27-21/h4-10,12,15,20H,11,13H2,1-3H3/t15-,20-,24+/m1/s1. The van der Waals surface area contributed by atoms with Crippen LogP contribution in [0.4, 0.5) is 4.39 Å². The number of hydrogen-bond donors (Lipinski definition) is 0. The minimum atomic E-state index is -0.265. The number of nitrogens with zero attached hydrogens (tertiary/aromatic N) is 6. The molecule has 1 saturated heterocycles. The Morgan fingerprint density at radius 3 is 2.72 bits per heavy atom. The number of hydrogen-bond acceptors (Lipinski definition) is 4. The summed E-state index contributed by atoms with van der Waals surface area (Å²) < 4.78 is 16.7. The van der Waals surface area contributed by atoms with Crippen LogP contribution in [0.5, 0.6) is 0 Å². The summed E-state index contributed by atoms with van der Waals surface area (Å²) in [5.41, 5.74) is 4.65. The maximum atomic E-state index is 13.3. The SMILES string of the molecule is Cc1cc2c(cnn2-c2ccc(F)cc2)cc1[C@@]12CN(C(=O)c3cn(C)nn3)C[C@@H]1[C@H]2C. The lowest BCUT2D eigenvalue weighted by atomic mass is 9.88. The highest BCUT2D eigenvalue weighted by Crippen LogP contribution is 2.64. The molecular formula is C24H23FN6O. The zero-order valence-corrected chi connectivity index (χ0v) is 18.2. The first-order valence-electron chi connectivity index (χ1n) is 10.8. The molecule has 32 heavy (non-hydrogen) atoms. The number of aromatic nitrogens is 5. The Labute approximate surface area is 184 Å². The van der Waals surface area contributed by atoms with Crippen molar-refractivity contribution in [1.29, 1.82) is 0 Å². The molecule has 0 N–H and O–H groups in total. The van der Waals surface area contributed by atoms with Crippen LogP contribution < -0.4 is 0 Å². The van der Waals surface area contributed by atoms with Crippen molar-refractivity contribution in [3.05, 3.63) is 71.4 Å². The summed E-state index contributed by atoms with van der Waals surface area (Å²) in [6, 6.07) is 10.7. The second kappa shape index (κ2) is 6.48. The number of likely N-dealkylation sites (tertiary alicyclic amines) is 1. The first-order chi connectivity index (χ1) is 15.4. The molecular weight excluding hydrogens is 407 g/mol. The molecule has 4 aromatic rings. The van der Waals surface area contributed by atoms with Crippen LogP contribution >= 0.6 is 0 Å². The summed E-state index contributed by atoms with van der Waals surface area (Å²) in [7, 11) is 1.76. The number of amides is 1. The van der Waals surface area contributed by atoms with Gasteiger partial charge >= 0.3 is 0 Å². The lowest BCUT2D eigenvalue weighted by Crippen LogP contribution is -2.34. The maximum absolute atomic E-state index is 13.3. The highest BCUT2D eigenvalue weighted by molar-refractivity contribution is 5.92. The summed E-state index contributed by atoms with van der Waals surface area (Å²) in [6.45, 7) is 5.83. The van der Waals surface area contributed by atoms with Crippen LogP contribution in [0.25, 0.3) is 16.6 Å². The summed E-state index contributed by atoms with van der Waals surface area (Å²) >= 11 is 0. The molecule has 0 bridgehead atoms. The molecule has 162 valence electrons. The van der Waals surface area contributed by atoms with Crippen LogP contribution in [0.1, 0.15) is 28.5 Å². The second-order valence-corrected chi connectivity index (χ2v) is 9.16. The predicted molar refractivity (Wildman–Crippen MR) is 117 cm³/mol. The van der Waals surface area contributed by atoms with Gasteiger partial charge in [-0.05, 0) is 66.3 Å². The van der Waals surface area contributed by atoms with Crippen molar-refractivity contribution in [3.63, 3.8) is 0 Å². The Kier molecular flexibility index (Phi) is 3.88. The van der Waals surface area contributed by atoms with Crippen molar-refractivity contribution < 1.29 is 9.18 Å². The number of piperidine rings is 1. The molecule has 1 aliphatic heterocycles. The van der Waals surface area contributed by atoms with Crippen molar-refractivity contribution in [2.24, 2.45) is 18.9 Å². The molecule has 2 fully saturated rings. The smallest absolute Gasteiger partial charge is 0.276 e. The van der Waals surface area contributed by atoms with E-state index in [4.69, 9.17) is 0 Å². The van der Waals surface area contributed by atoms with Gasteiger partial charge in [-0.25, -0.2) is 9.07 Å². The van der Waals surface area contributed by atoms with Gasteiger partial charge < -0.3 is 4.90 Å². The van der Waals surface area contributed by atoms with Crippen LogP contribution in [0.3, 0.4) is 0 Å². The van der Waals surface area contributed by atoms with E-state index in [-0.39, 0.29) is 17.1 Å². The van der Waals surface area contributed by atoms with Gasteiger partial charge in [0.15, 0.2) is 5.69 Å².